The first kappa shape index (κ1) is 15.3. The number of rotatable bonds is 6. The molecule has 2 aromatic rings. The predicted octanol–water partition coefficient (Wildman–Crippen LogP) is 2.74. The number of nitrogens with one attached hydrogen (secondary N) is 1. The van der Waals surface area contributed by atoms with Crippen LogP contribution in [0.25, 0.3) is 6.08 Å². The van der Waals surface area contributed by atoms with Crippen molar-refractivity contribution in [2.45, 2.75) is 0 Å². The molecule has 22 heavy (non-hydrogen) atoms. The van der Waals surface area contributed by atoms with Crippen molar-refractivity contribution in [2.75, 3.05) is 7.11 Å². The summed E-state index contributed by atoms with van der Waals surface area (Å²) in [4.78, 5) is 22.1. The van der Waals surface area contributed by atoms with Gasteiger partial charge in [0, 0.05) is 0 Å². The first-order valence-corrected chi connectivity index (χ1v) is 6.56. The maximum Gasteiger partial charge on any atom is 0.354 e. The zero-order valence-corrected chi connectivity index (χ0v) is 12.0. The number of para-hydroxylation sites is 1. The highest BCUT2D eigenvalue weighted by molar-refractivity contribution is 5.95. The summed E-state index contributed by atoms with van der Waals surface area (Å²) in [6, 6.07) is 16.5. The van der Waals surface area contributed by atoms with Gasteiger partial charge in [0.2, 0.25) is 6.41 Å². The molecule has 0 radical (unpaired) electrons. The zero-order valence-electron chi connectivity index (χ0n) is 12.0. The van der Waals surface area contributed by atoms with Gasteiger partial charge in [-0.1, -0.05) is 30.3 Å². The van der Waals surface area contributed by atoms with Gasteiger partial charge >= 0.3 is 5.97 Å². The summed E-state index contributed by atoms with van der Waals surface area (Å²) in [6.45, 7) is 0. The summed E-state index contributed by atoms with van der Waals surface area (Å²) < 4.78 is 10.3. The van der Waals surface area contributed by atoms with Crippen LogP contribution in [0.3, 0.4) is 0 Å². The van der Waals surface area contributed by atoms with Gasteiger partial charge in [-0.2, -0.15) is 0 Å². The van der Waals surface area contributed by atoms with Crippen molar-refractivity contribution in [1.82, 2.24) is 5.32 Å². The lowest BCUT2D eigenvalue weighted by Gasteiger charge is -2.07. The van der Waals surface area contributed by atoms with Gasteiger partial charge in [0.25, 0.3) is 0 Å². The van der Waals surface area contributed by atoms with E-state index in [1.54, 1.807) is 24.3 Å². The van der Waals surface area contributed by atoms with Gasteiger partial charge in [0.15, 0.2) is 0 Å². The van der Waals surface area contributed by atoms with Crippen molar-refractivity contribution in [1.29, 1.82) is 0 Å². The fourth-order valence-electron chi connectivity index (χ4n) is 1.79. The van der Waals surface area contributed by atoms with E-state index in [4.69, 9.17) is 4.74 Å². The molecule has 0 spiro atoms. The van der Waals surface area contributed by atoms with Gasteiger partial charge in [-0.25, -0.2) is 4.79 Å². The number of ether oxygens (including phenoxy) is 2. The van der Waals surface area contributed by atoms with E-state index in [0.29, 0.717) is 23.5 Å². The van der Waals surface area contributed by atoms with Crippen LogP contribution >= 0.6 is 0 Å². The first-order chi connectivity index (χ1) is 10.7. The highest BCUT2D eigenvalue weighted by atomic mass is 16.5. The molecular weight excluding hydrogens is 282 g/mol. The minimum absolute atomic E-state index is 0.0503. The molecule has 0 saturated heterocycles. The second-order valence-corrected chi connectivity index (χ2v) is 4.30. The molecule has 0 heterocycles. The standard InChI is InChI=1S/C17H15NO4/c1-21-17(20)16(18-12-19)11-13-6-5-9-15(10-13)22-14-7-3-2-4-8-14/h2-12H,1H3,(H,18,19)/b16-11-. The molecule has 0 aromatic heterocycles. The van der Waals surface area contributed by atoms with E-state index in [9.17, 15) is 9.59 Å². The first-order valence-electron chi connectivity index (χ1n) is 6.56. The summed E-state index contributed by atoms with van der Waals surface area (Å²) in [5, 5.41) is 2.32. The topological polar surface area (TPSA) is 64.6 Å². The third-order valence-corrected chi connectivity index (χ3v) is 2.77. The Balaban J connectivity index is 2.23. The normalized spacial score (nSPS) is 10.7. The van der Waals surface area contributed by atoms with Crippen molar-refractivity contribution in [3.8, 4) is 11.5 Å². The Kier molecular flexibility index (Phi) is 5.31. The van der Waals surface area contributed by atoms with Crippen LogP contribution in [0.2, 0.25) is 0 Å². The molecule has 1 amide bonds. The molecule has 0 bridgehead atoms. The quantitative estimate of drug-likeness (QED) is 0.506. The Morgan fingerprint density at radius 1 is 1.05 bits per heavy atom. The van der Waals surface area contributed by atoms with E-state index >= 15 is 0 Å². The van der Waals surface area contributed by atoms with Crippen molar-refractivity contribution in [3.05, 3.63) is 65.9 Å². The SMILES string of the molecule is COC(=O)/C(=C/c1cccc(Oc2ccccc2)c1)NC=O. The van der Waals surface area contributed by atoms with Crippen molar-refractivity contribution < 1.29 is 19.1 Å². The molecule has 0 atom stereocenters. The van der Waals surface area contributed by atoms with Gasteiger partial charge in [-0.15, -0.1) is 0 Å². The lowest BCUT2D eigenvalue weighted by Crippen LogP contribution is -2.19. The Labute approximate surface area is 128 Å². The van der Waals surface area contributed by atoms with E-state index < -0.39 is 5.97 Å². The Bertz CT molecular complexity index is 680. The number of carbonyl (C=O) groups excluding carboxylic acids is 2. The summed E-state index contributed by atoms with van der Waals surface area (Å²) in [6.07, 6.45) is 1.94. The van der Waals surface area contributed by atoms with E-state index in [1.165, 1.54) is 13.2 Å². The summed E-state index contributed by atoms with van der Waals surface area (Å²) in [5.74, 6) is 0.708. The second-order valence-electron chi connectivity index (χ2n) is 4.30. The van der Waals surface area contributed by atoms with E-state index in [0.717, 1.165) is 0 Å². The van der Waals surface area contributed by atoms with Crippen molar-refractivity contribution in [3.63, 3.8) is 0 Å². The van der Waals surface area contributed by atoms with Crippen LogP contribution in [-0.4, -0.2) is 19.5 Å². The minimum Gasteiger partial charge on any atom is -0.464 e. The van der Waals surface area contributed by atoms with Gasteiger partial charge in [0.05, 0.1) is 7.11 Å². The molecule has 2 rings (SSSR count). The van der Waals surface area contributed by atoms with Crippen LogP contribution in [0.5, 0.6) is 11.5 Å². The van der Waals surface area contributed by atoms with E-state index in [-0.39, 0.29) is 5.70 Å². The molecule has 1 N–H and O–H groups in total. The highest BCUT2D eigenvalue weighted by Gasteiger charge is 2.08. The number of amides is 1. The Hall–Kier alpha value is -3.08. The molecule has 112 valence electrons. The molecule has 0 fully saturated rings. The van der Waals surface area contributed by atoms with Gasteiger partial charge in [-0.05, 0) is 35.9 Å². The number of hydrogen-bond donors (Lipinski definition) is 1. The summed E-state index contributed by atoms with van der Waals surface area (Å²) in [7, 11) is 1.25. The van der Waals surface area contributed by atoms with Crippen molar-refractivity contribution in [2.24, 2.45) is 0 Å². The molecule has 0 aliphatic carbocycles. The smallest absolute Gasteiger partial charge is 0.354 e. The molecule has 0 aliphatic heterocycles. The Morgan fingerprint density at radius 2 is 1.77 bits per heavy atom. The predicted molar refractivity (Wildman–Crippen MR) is 82.2 cm³/mol. The maximum atomic E-state index is 11.5. The molecule has 2 aromatic carbocycles. The average molecular weight is 297 g/mol. The molecule has 0 saturated carbocycles. The average Bonchev–Trinajstić information content (AvgIpc) is 2.55. The van der Waals surface area contributed by atoms with Crippen LogP contribution < -0.4 is 10.1 Å². The van der Waals surface area contributed by atoms with Gasteiger partial charge in [0.1, 0.15) is 17.2 Å². The number of esters is 1. The van der Waals surface area contributed by atoms with E-state index in [1.807, 2.05) is 30.3 Å². The highest BCUT2D eigenvalue weighted by Crippen LogP contribution is 2.22. The molecular formula is C17H15NO4. The molecule has 5 nitrogen and oxygen atoms in total. The van der Waals surface area contributed by atoms with Crippen LogP contribution in [0.4, 0.5) is 0 Å². The van der Waals surface area contributed by atoms with Crippen LogP contribution in [0.1, 0.15) is 5.56 Å². The number of methoxy groups -OCH3 is 1. The summed E-state index contributed by atoms with van der Waals surface area (Å²) in [5.41, 5.74) is 0.748. The number of hydrogen-bond acceptors (Lipinski definition) is 4. The fourth-order valence-corrected chi connectivity index (χ4v) is 1.79. The van der Waals surface area contributed by atoms with Crippen LogP contribution in [0.15, 0.2) is 60.3 Å². The van der Waals surface area contributed by atoms with Crippen molar-refractivity contribution >= 4 is 18.5 Å². The lowest BCUT2D eigenvalue weighted by atomic mass is 10.2. The fraction of sp³-hybridized carbons (Fsp3) is 0.0588. The van der Waals surface area contributed by atoms with Crippen LogP contribution in [0, 0.1) is 0 Å². The lowest BCUT2D eigenvalue weighted by molar-refractivity contribution is -0.137. The number of carbonyl (C=O) groups is 2. The van der Waals surface area contributed by atoms with Gasteiger partial charge < -0.3 is 14.8 Å². The molecule has 5 heteroatoms. The Morgan fingerprint density at radius 3 is 2.45 bits per heavy atom. The van der Waals surface area contributed by atoms with Crippen LogP contribution in [-0.2, 0) is 14.3 Å². The second kappa shape index (κ2) is 7.64. The molecule has 0 unspecified atom stereocenters. The minimum atomic E-state index is -0.624. The zero-order chi connectivity index (χ0) is 15.8. The third kappa shape index (κ3) is 4.21. The van der Waals surface area contributed by atoms with Gasteiger partial charge in [-0.3, -0.25) is 4.79 Å². The molecule has 0 aliphatic rings. The third-order valence-electron chi connectivity index (χ3n) is 2.77. The monoisotopic (exact) mass is 297 g/mol. The maximum absolute atomic E-state index is 11.5. The van der Waals surface area contributed by atoms with E-state index in [2.05, 4.69) is 10.1 Å². The largest absolute Gasteiger partial charge is 0.464 e. The summed E-state index contributed by atoms with van der Waals surface area (Å²) >= 11 is 0. The number of benzene rings is 2.